The molecular formula is C22H22N2O5S. The summed E-state index contributed by atoms with van der Waals surface area (Å²) >= 11 is 0. The lowest BCUT2D eigenvalue weighted by Crippen LogP contribution is -2.40. The molecule has 3 aromatic carbocycles. The first-order chi connectivity index (χ1) is 14.5. The number of sulfonamides is 1. The molecule has 0 atom stereocenters. The normalized spacial score (nSPS) is 15.1. The van der Waals surface area contributed by atoms with Gasteiger partial charge in [-0.3, -0.25) is 4.79 Å². The van der Waals surface area contributed by atoms with Crippen molar-refractivity contribution in [3.63, 3.8) is 0 Å². The van der Waals surface area contributed by atoms with Crippen molar-refractivity contribution in [1.82, 2.24) is 4.31 Å². The minimum absolute atomic E-state index is 0.186. The Bertz CT molecular complexity index is 1170. The van der Waals surface area contributed by atoms with Crippen LogP contribution in [-0.4, -0.2) is 52.0 Å². The molecule has 1 N–H and O–H groups in total. The number of fused-ring (bicyclic) bond motifs is 1. The Morgan fingerprint density at radius 1 is 1.00 bits per heavy atom. The Balaban J connectivity index is 1.55. The molecule has 1 saturated heterocycles. The summed E-state index contributed by atoms with van der Waals surface area (Å²) in [6.45, 7) is 1.45. The number of anilines is 1. The van der Waals surface area contributed by atoms with Crippen LogP contribution < -0.4 is 10.1 Å². The van der Waals surface area contributed by atoms with Crippen LogP contribution in [0.2, 0.25) is 0 Å². The molecule has 0 radical (unpaired) electrons. The Labute approximate surface area is 175 Å². The van der Waals surface area contributed by atoms with Crippen LogP contribution in [0, 0.1) is 0 Å². The average Bonchev–Trinajstić information content (AvgIpc) is 2.79. The fourth-order valence-corrected chi connectivity index (χ4v) is 4.82. The summed E-state index contributed by atoms with van der Waals surface area (Å²) in [6, 6.07) is 17.5. The van der Waals surface area contributed by atoms with Gasteiger partial charge in [-0.05, 0) is 47.2 Å². The highest BCUT2D eigenvalue weighted by molar-refractivity contribution is 7.89. The number of ether oxygens (including phenoxy) is 2. The van der Waals surface area contributed by atoms with E-state index in [0.29, 0.717) is 43.3 Å². The smallest absolute Gasteiger partial charge is 0.259 e. The molecule has 7 nitrogen and oxygen atoms in total. The Kier molecular flexibility index (Phi) is 5.72. The first kappa shape index (κ1) is 20.3. The van der Waals surface area contributed by atoms with Crippen molar-refractivity contribution in [2.45, 2.75) is 4.90 Å². The lowest BCUT2D eigenvalue weighted by Gasteiger charge is -2.26. The third-order valence-electron chi connectivity index (χ3n) is 5.03. The summed E-state index contributed by atoms with van der Waals surface area (Å²) in [5.74, 6) is 0.138. The van der Waals surface area contributed by atoms with E-state index in [1.807, 2.05) is 30.3 Å². The van der Waals surface area contributed by atoms with E-state index in [2.05, 4.69) is 5.32 Å². The molecule has 4 rings (SSSR count). The number of carbonyl (C=O) groups excluding carboxylic acids is 1. The number of hydrogen-bond acceptors (Lipinski definition) is 5. The van der Waals surface area contributed by atoms with Crippen LogP contribution >= 0.6 is 0 Å². The van der Waals surface area contributed by atoms with Crippen LogP contribution in [0.15, 0.2) is 65.6 Å². The number of nitrogens with one attached hydrogen (secondary N) is 1. The summed E-state index contributed by atoms with van der Waals surface area (Å²) in [5, 5.41) is 4.71. The van der Waals surface area contributed by atoms with Crippen LogP contribution in [0.25, 0.3) is 10.8 Å². The van der Waals surface area contributed by atoms with Gasteiger partial charge in [0.05, 0.1) is 30.8 Å². The largest absolute Gasteiger partial charge is 0.496 e. The maximum absolute atomic E-state index is 12.8. The molecule has 1 aliphatic heterocycles. The summed E-state index contributed by atoms with van der Waals surface area (Å²) in [5.41, 5.74) is 0.900. The summed E-state index contributed by atoms with van der Waals surface area (Å²) < 4.78 is 37.4. The van der Waals surface area contributed by atoms with Gasteiger partial charge in [0.1, 0.15) is 5.75 Å². The van der Waals surface area contributed by atoms with E-state index >= 15 is 0 Å². The monoisotopic (exact) mass is 426 g/mol. The number of rotatable bonds is 5. The molecule has 3 aromatic rings. The molecule has 0 spiro atoms. The van der Waals surface area contributed by atoms with Crippen LogP contribution in [-0.2, 0) is 14.8 Å². The molecule has 0 aliphatic carbocycles. The highest BCUT2D eigenvalue weighted by Crippen LogP contribution is 2.27. The van der Waals surface area contributed by atoms with Gasteiger partial charge in [-0.15, -0.1) is 0 Å². The predicted molar refractivity (Wildman–Crippen MR) is 114 cm³/mol. The molecule has 156 valence electrons. The highest BCUT2D eigenvalue weighted by Gasteiger charge is 2.26. The number of benzene rings is 3. The van der Waals surface area contributed by atoms with E-state index in [1.165, 1.54) is 23.5 Å². The maximum Gasteiger partial charge on any atom is 0.259 e. The van der Waals surface area contributed by atoms with Gasteiger partial charge >= 0.3 is 0 Å². The van der Waals surface area contributed by atoms with Gasteiger partial charge < -0.3 is 14.8 Å². The van der Waals surface area contributed by atoms with Crippen LogP contribution in [0.4, 0.5) is 5.69 Å². The number of carbonyl (C=O) groups is 1. The van der Waals surface area contributed by atoms with Gasteiger partial charge in [0.15, 0.2) is 0 Å². The molecule has 0 aromatic heterocycles. The van der Waals surface area contributed by atoms with Crippen molar-refractivity contribution in [2.75, 3.05) is 38.7 Å². The maximum atomic E-state index is 12.8. The van der Waals surface area contributed by atoms with Gasteiger partial charge in [0, 0.05) is 18.8 Å². The number of nitrogens with zero attached hydrogens (tertiary/aromatic N) is 1. The Morgan fingerprint density at radius 2 is 1.63 bits per heavy atom. The third-order valence-corrected chi connectivity index (χ3v) is 6.95. The molecule has 1 amide bonds. The molecule has 0 bridgehead atoms. The summed E-state index contributed by atoms with van der Waals surface area (Å²) in [4.78, 5) is 13.0. The second-order valence-corrected chi connectivity index (χ2v) is 8.83. The summed E-state index contributed by atoms with van der Waals surface area (Å²) in [7, 11) is -2.05. The topological polar surface area (TPSA) is 84.9 Å². The Morgan fingerprint density at radius 3 is 2.27 bits per heavy atom. The average molecular weight is 426 g/mol. The lowest BCUT2D eigenvalue weighted by molar-refractivity contribution is 0.0730. The number of amides is 1. The zero-order chi connectivity index (χ0) is 21.1. The van der Waals surface area contributed by atoms with Gasteiger partial charge in [-0.2, -0.15) is 4.31 Å². The number of hydrogen-bond donors (Lipinski definition) is 1. The molecule has 1 heterocycles. The second-order valence-electron chi connectivity index (χ2n) is 6.89. The highest BCUT2D eigenvalue weighted by atomic mass is 32.2. The second kappa shape index (κ2) is 8.43. The van der Waals surface area contributed by atoms with Gasteiger partial charge in [-0.25, -0.2) is 8.42 Å². The van der Waals surface area contributed by atoms with Crippen LogP contribution in [0.1, 0.15) is 10.4 Å². The van der Waals surface area contributed by atoms with Crippen molar-refractivity contribution in [1.29, 1.82) is 0 Å². The van der Waals surface area contributed by atoms with Gasteiger partial charge in [0.2, 0.25) is 10.0 Å². The van der Waals surface area contributed by atoms with E-state index in [0.717, 1.165) is 10.8 Å². The molecule has 1 aliphatic rings. The van der Waals surface area contributed by atoms with Crippen LogP contribution in [0.3, 0.4) is 0 Å². The van der Waals surface area contributed by atoms with Gasteiger partial charge in [0.25, 0.3) is 5.91 Å². The molecule has 8 heteroatoms. The zero-order valence-electron chi connectivity index (χ0n) is 16.5. The lowest BCUT2D eigenvalue weighted by atomic mass is 10.1. The molecule has 0 saturated carbocycles. The quantitative estimate of drug-likeness (QED) is 0.678. The van der Waals surface area contributed by atoms with Crippen molar-refractivity contribution in [2.24, 2.45) is 0 Å². The fourth-order valence-electron chi connectivity index (χ4n) is 3.41. The van der Waals surface area contributed by atoms with Crippen molar-refractivity contribution < 1.29 is 22.7 Å². The molecule has 30 heavy (non-hydrogen) atoms. The number of morpholine rings is 1. The van der Waals surface area contributed by atoms with E-state index < -0.39 is 10.0 Å². The fraction of sp³-hybridized carbons (Fsp3) is 0.227. The van der Waals surface area contributed by atoms with E-state index in [4.69, 9.17) is 9.47 Å². The van der Waals surface area contributed by atoms with Crippen molar-refractivity contribution >= 4 is 32.4 Å². The Hall–Kier alpha value is -2.94. The van der Waals surface area contributed by atoms with E-state index in [1.54, 1.807) is 18.2 Å². The first-order valence-electron chi connectivity index (χ1n) is 9.55. The van der Waals surface area contributed by atoms with Crippen molar-refractivity contribution in [3.05, 3.63) is 66.2 Å². The SMILES string of the molecule is COc1cc2ccccc2cc1C(=O)Nc1ccc(S(=O)(=O)N2CCOCC2)cc1. The molecular weight excluding hydrogens is 404 g/mol. The number of methoxy groups -OCH3 is 1. The third kappa shape index (κ3) is 4.02. The molecule has 0 unspecified atom stereocenters. The minimum Gasteiger partial charge on any atom is -0.496 e. The van der Waals surface area contributed by atoms with Gasteiger partial charge in [-0.1, -0.05) is 24.3 Å². The first-order valence-corrected chi connectivity index (χ1v) is 11.0. The predicted octanol–water partition coefficient (Wildman–Crippen LogP) is 3.12. The van der Waals surface area contributed by atoms with E-state index in [-0.39, 0.29) is 10.8 Å². The minimum atomic E-state index is -3.57. The van der Waals surface area contributed by atoms with Crippen LogP contribution in [0.5, 0.6) is 5.75 Å². The zero-order valence-corrected chi connectivity index (χ0v) is 17.3. The summed E-state index contributed by atoms with van der Waals surface area (Å²) in [6.07, 6.45) is 0. The molecule has 1 fully saturated rings. The van der Waals surface area contributed by atoms with Crippen molar-refractivity contribution in [3.8, 4) is 5.75 Å². The van der Waals surface area contributed by atoms with E-state index in [9.17, 15) is 13.2 Å². The standard InChI is InChI=1S/C22H22N2O5S/c1-28-21-15-17-5-3-2-4-16(17)14-20(21)22(25)23-18-6-8-19(9-7-18)30(26,27)24-10-12-29-13-11-24/h2-9,14-15H,10-13H2,1H3,(H,23,25).